The third-order valence-electron chi connectivity index (χ3n) is 8.69. The van der Waals surface area contributed by atoms with Gasteiger partial charge >= 0.3 is 6.09 Å². The number of carbonyl (C=O) groups is 2. The number of aryl methyl sites for hydroxylation is 2. The van der Waals surface area contributed by atoms with Crippen molar-refractivity contribution in [3.63, 3.8) is 0 Å². The quantitative estimate of drug-likeness (QED) is 0.214. The highest BCUT2D eigenvalue weighted by molar-refractivity contribution is 5.86. The summed E-state index contributed by atoms with van der Waals surface area (Å²) < 4.78 is 4.63. The first-order valence-corrected chi connectivity index (χ1v) is 14.4. The zero-order chi connectivity index (χ0) is 28.8. The average molecular weight is 561 g/mol. The van der Waals surface area contributed by atoms with E-state index < -0.39 is 17.7 Å². The number of nitrogens with one attached hydrogen (secondary N) is 4. The van der Waals surface area contributed by atoms with Crippen molar-refractivity contribution in [2.45, 2.75) is 50.6 Å². The number of carbonyl (C=O) groups excluding carboxylic acids is 2. The van der Waals surface area contributed by atoms with E-state index >= 15 is 0 Å². The van der Waals surface area contributed by atoms with Crippen molar-refractivity contribution in [1.29, 1.82) is 0 Å². The number of nitrogens with zero attached hydrogens (tertiary/aromatic N) is 2. The molecule has 2 heterocycles. The molecule has 1 saturated carbocycles. The molecule has 2 amide bonds. The number of aromatic nitrogens is 4. The van der Waals surface area contributed by atoms with Crippen molar-refractivity contribution in [3.05, 3.63) is 84.1 Å². The van der Waals surface area contributed by atoms with Crippen LogP contribution in [-0.2, 0) is 27.9 Å². The lowest BCUT2D eigenvalue weighted by molar-refractivity contribution is -0.126. The van der Waals surface area contributed by atoms with Crippen LogP contribution in [0.25, 0.3) is 44.5 Å². The number of hydrogen-bond donors (Lipinski definition) is 4. The molecule has 0 aliphatic heterocycles. The number of fused-ring (bicyclic) bond motifs is 4. The maximum Gasteiger partial charge on any atom is 0.407 e. The highest BCUT2D eigenvalue weighted by Gasteiger charge is 2.44. The summed E-state index contributed by atoms with van der Waals surface area (Å²) in [5, 5.41) is 5.70. The summed E-state index contributed by atoms with van der Waals surface area (Å²) in [6.07, 6.45) is 5.46. The first-order chi connectivity index (χ1) is 20.4. The third kappa shape index (κ3) is 4.51. The molecule has 2 aromatic heterocycles. The molecule has 42 heavy (non-hydrogen) atoms. The number of H-pyrrole nitrogens is 2. The standard InChI is InChI=1S/C33H32N6O3/c1-19(36-32(41)42-2)30(40)39-33(14-3-15-33)31-37-27-13-10-24-16-22(8-11-25(24)29(27)38-31)20-4-6-21(7-5-20)23-9-12-26-28(17-23)35-18-34-26/h4-9,11-12,16-19H,3,10,13-15H2,1-2H3,(H,34,35)(H,36,41)(H,37,38)(H,39,40). The van der Waals surface area contributed by atoms with Gasteiger partial charge in [0.05, 0.1) is 35.7 Å². The highest BCUT2D eigenvalue weighted by Crippen LogP contribution is 2.43. The van der Waals surface area contributed by atoms with Crippen LogP contribution in [-0.4, -0.2) is 45.1 Å². The molecule has 0 bridgehead atoms. The van der Waals surface area contributed by atoms with Crippen LogP contribution in [0.2, 0.25) is 0 Å². The van der Waals surface area contributed by atoms with Gasteiger partial charge < -0.3 is 25.3 Å². The first kappa shape index (κ1) is 26.0. The van der Waals surface area contributed by atoms with E-state index in [2.05, 4.69) is 84.9 Å². The minimum atomic E-state index is -0.715. The lowest BCUT2D eigenvalue weighted by Crippen LogP contribution is -2.56. The molecule has 1 atom stereocenters. The van der Waals surface area contributed by atoms with E-state index in [9.17, 15) is 9.59 Å². The van der Waals surface area contributed by atoms with Crippen molar-refractivity contribution in [2.24, 2.45) is 0 Å². The zero-order valence-electron chi connectivity index (χ0n) is 23.6. The van der Waals surface area contributed by atoms with E-state index in [0.717, 1.165) is 77.0 Å². The van der Waals surface area contributed by atoms with E-state index in [4.69, 9.17) is 4.98 Å². The molecule has 2 aliphatic carbocycles. The number of rotatable bonds is 6. The fourth-order valence-corrected chi connectivity index (χ4v) is 6.08. The average Bonchev–Trinajstić information content (AvgIpc) is 3.65. The van der Waals surface area contributed by atoms with Gasteiger partial charge in [0.25, 0.3) is 0 Å². The van der Waals surface area contributed by atoms with Crippen LogP contribution < -0.4 is 10.6 Å². The summed E-state index contributed by atoms with van der Waals surface area (Å²) in [6, 6.07) is 20.8. The number of hydrogen-bond acceptors (Lipinski definition) is 5. The molecule has 3 aromatic carbocycles. The van der Waals surface area contributed by atoms with Gasteiger partial charge in [0, 0.05) is 11.3 Å². The molecule has 1 unspecified atom stereocenters. The van der Waals surface area contributed by atoms with Gasteiger partial charge in [-0.25, -0.2) is 14.8 Å². The van der Waals surface area contributed by atoms with Gasteiger partial charge in [-0.2, -0.15) is 0 Å². The van der Waals surface area contributed by atoms with Crippen LogP contribution >= 0.6 is 0 Å². The second kappa shape index (κ2) is 10.2. The van der Waals surface area contributed by atoms with Crippen molar-refractivity contribution >= 4 is 23.0 Å². The summed E-state index contributed by atoms with van der Waals surface area (Å²) in [5.74, 6) is 0.533. The van der Waals surface area contributed by atoms with Crippen LogP contribution in [0.5, 0.6) is 0 Å². The number of amides is 2. The molecular weight excluding hydrogens is 528 g/mol. The Morgan fingerprint density at radius 3 is 2.38 bits per heavy atom. The molecule has 0 saturated heterocycles. The Morgan fingerprint density at radius 2 is 1.67 bits per heavy atom. The summed E-state index contributed by atoms with van der Waals surface area (Å²) in [4.78, 5) is 40.6. The molecule has 9 heteroatoms. The molecule has 0 spiro atoms. The third-order valence-corrected chi connectivity index (χ3v) is 8.69. The maximum atomic E-state index is 12.9. The van der Waals surface area contributed by atoms with Gasteiger partial charge in [0.15, 0.2) is 0 Å². The first-order valence-electron chi connectivity index (χ1n) is 14.4. The van der Waals surface area contributed by atoms with Crippen LogP contribution in [0.3, 0.4) is 0 Å². The van der Waals surface area contributed by atoms with E-state index in [1.807, 2.05) is 6.07 Å². The molecular formula is C33H32N6O3. The summed E-state index contributed by atoms with van der Waals surface area (Å²) >= 11 is 0. The molecule has 9 nitrogen and oxygen atoms in total. The molecule has 1 fully saturated rings. The monoisotopic (exact) mass is 560 g/mol. The number of methoxy groups -OCH3 is 1. The minimum absolute atomic E-state index is 0.257. The van der Waals surface area contributed by atoms with Gasteiger partial charge in [-0.3, -0.25) is 4.79 Å². The Kier molecular flexibility index (Phi) is 6.30. The molecule has 2 aliphatic rings. The predicted molar refractivity (Wildman–Crippen MR) is 161 cm³/mol. The molecule has 7 rings (SSSR count). The van der Waals surface area contributed by atoms with Gasteiger partial charge in [0.1, 0.15) is 11.9 Å². The second-order valence-electron chi connectivity index (χ2n) is 11.3. The number of benzene rings is 3. The highest BCUT2D eigenvalue weighted by atomic mass is 16.5. The lowest BCUT2D eigenvalue weighted by Gasteiger charge is -2.41. The number of imidazole rings is 2. The lowest BCUT2D eigenvalue weighted by atomic mass is 9.76. The van der Waals surface area contributed by atoms with Crippen molar-refractivity contribution in [3.8, 4) is 33.5 Å². The normalized spacial score (nSPS) is 15.7. The molecule has 4 N–H and O–H groups in total. The van der Waals surface area contributed by atoms with E-state index in [-0.39, 0.29) is 5.91 Å². The van der Waals surface area contributed by atoms with Gasteiger partial charge in [0.2, 0.25) is 5.91 Å². The fraction of sp³-hybridized carbons (Fsp3) is 0.273. The summed E-state index contributed by atoms with van der Waals surface area (Å²) in [7, 11) is 1.28. The zero-order valence-corrected chi connectivity index (χ0v) is 23.6. The minimum Gasteiger partial charge on any atom is -0.453 e. The Labute approximate surface area is 243 Å². The predicted octanol–water partition coefficient (Wildman–Crippen LogP) is 5.63. The van der Waals surface area contributed by atoms with Crippen molar-refractivity contribution in [2.75, 3.05) is 7.11 Å². The van der Waals surface area contributed by atoms with E-state index in [0.29, 0.717) is 0 Å². The van der Waals surface area contributed by atoms with E-state index in [1.54, 1.807) is 13.3 Å². The van der Waals surface area contributed by atoms with Crippen LogP contribution in [0.4, 0.5) is 4.79 Å². The number of ether oxygens (including phenoxy) is 1. The Morgan fingerprint density at radius 1 is 0.952 bits per heavy atom. The van der Waals surface area contributed by atoms with Gasteiger partial charge in [-0.05, 0) is 79.0 Å². The summed E-state index contributed by atoms with van der Waals surface area (Å²) in [5.41, 5.74) is 10.6. The summed E-state index contributed by atoms with van der Waals surface area (Å²) in [6.45, 7) is 1.65. The van der Waals surface area contributed by atoms with Crippen LogP contribution in [0, 0.1) is 0 Å². The fourth-order valence-electron chi connectivity index (χ4n) is 6.08. The smallest absolute Gasteiger partial charge is 0.407 e. The van der Waals surface area contributed by atoms with E-state index in [1.165, 1.54) is 23.8 Å². The Hall–Kier alpha value is -4.92. The Balaban J connectivity index is 1.12. The molecule has 0 radical (unpaired) electrons. The topological polar surface area (TPSA) is 125 Å². The maximum absolute atomic E-state index is 12.9. The van der Waals surface area contributed by atoms with Crippen LogP contribution in [0.1, 0.15) is 43.3 Å². The number of alkyl carbamates (subject to hydrolysis) is 1. The van der Waals surface area contributed by atoms with Gasteiger partial charge in [-0.1, -0.05) is 48.5 Å². The largest absolute Gasteiger partial charge is 0.453 e. The molecule has 5 aromatic rings. The second-order valence-corrected chi connectivity index (χ2v) is 11.3. The van der Waals surface area contributed by atoms with Crippen molar-refractivity contribution < 1.29 is 14.3 Å². The van der Waals surface area contributed by atoms with Crippen molar-refractivity contribution in [1.82, 2.24) is 30.6 Å². The Bertz CT molecular complexity index is 1820. The SMILES string of the molecule is COC(=O)NC(C)C(=O)NC1(c2nc3c([nH]2)CCc2cc(-c4ccc(-c5ccc6nc[nH]c6c5)cc4)ccc2-3)CCC1. The van der Waals surface area contributed by atoms with Crippen LogP contribution in [0.15, 0.2) is 67.0 Å². The van der Waals surface area contributed by atoms with Gasteiger partial charge in [-0.15, -0.1) is 0 Å². The number of aromatic amines is 2. The molecule has 212 valence electrons.